The van der Waals surface area contributed by atoms with Crippen LogP contribution < -0.4 is 21.4 Å². The van der Waals surface area contributed by atoms with E-state index in [4.69, 9.17) is 5.21 Å². The molecule has 3 aliphatic rings. The van der Waals surface area contributed by atoms with Crippen molar-refractivity contribution in [2.24, 2.45) is 17.3 Å². The molecule has 0 aromatic heterocycles. The molecule has 0 saturated heterocycles. The van der Waals surface area contributed by atoms with Crippen LogP contribution in [0.25, 0.3) is 11.1 Å². The third-order valence-electron chi connectivity index (χ3n) is 8.19. The van der Waals surface area contributed by atoms with Gasteiger partial charge < -0.3 is 21.1 Å². The zero-order valence-corrected chi connectivity index (χ0v) is 21.5. The van der Waals surface area contributed by atoms with Crippen LogP contribution in [0.2, 0.25) is 0 Å². The van der Waals surface area contributed by atoms with Gasteiger partial charge in [-0.2, -0.15) is 0 Å². The summed E-state index contributed by atoms with van der Waals surface area (Å²) in [5, 5.41) is 27.3. The Kier molecular flexibility index (Phi) is 7.96. The van der Waals surface area contributed by atoms with Crippen molar-refractivity contribution < 1.29 is 24.7 Å². The molecule has 9 heteroatoms. The number of benzene rings is 2. The summed E-state index contributed by atoms with van der Waals surface area (Å²) in [4.78, 5) is 36.6. The Morgan fingerprint density at radius 2 is 1.62 bits per heavy atom. The zero-order valence-electron chi connectivity index (χ0n) is 21.5. The SMILES string of the molecule is C[C@@H](O)[C@H](NC(=O)c1ccc(-c2ccc(NC(=O)CNC3CC[C@H]4C[C@@H]3C4(C)C)cc2)cc1)C(=O)NO. The molecule has 6 N–H and O–H groups in total. The highest BCUT2D eigenvalue weighted by Gasteiger charge is 2.54. The maximum absolute atomic E-state index is 12.5. The molecule has 198 valence electrons. The summed E-state index contributed by atoms with van der Waals surface area (Å²) in [5.41, 5.74) is 4.61. The van der Waals surface area contributed by atoms with E-state index in [0.717, 1.165) is 23.5 Å². The molecule has 5 rings (SSSR count). The number of amides is 3. The van der Waals surface area contributed by atoms with Crippen LogP contribution in [0.3, 0.4) is 0 Å². The van der Waals surface area contributed by atoms with Gasteiger partial charge in [-0.1, -0.05) is 38.1 Å². The van der Waals surface area contributed by atoms with E-state index >= 15 is 0 Å². The highest BCUT2D eigenvalue weighted by molar-refractivity contribution is 5.98. The fourth-order valence-corrected chi connectivity index (χ4v) is 5.74. The van der Waals surface area contributed by atoms with Crippen LogP contribution in [0.5, 0.6) is 0 Å². The molecule has 0 spiro atoms. The number of rotatable bonds is 9. The van der Waals surface area contributed by atoms with E-state index in [0.29, 0.717) is 35.2 Å². The molecule has 9 nitrogen and oxygen atoms in total. The number of aliphatic hydroxyl groups excluding tert-OH is 1. The number of hydrogen-bond donors (Lipinski definition) is 6. The van der Waals surface area contributed by atoms with Gasteiger partial charge in [-0.05, 0) is 78.8 Å². The largest absolute Gasteiger partial charge is 0.391 e. The van der Waals surface area contributed by atoms with Crippen molar-refractivity contribution >= 4 is 23.4 Å². The Morgan fingerprint density at radius 1 is 1.00 bits per heavy atom. The summed E-state index contributed by atoms with van der Waals surface area (Å²) in [6.45, 7) is 6.32. The fourth-order valence-electron chi connectivity index (χ4n) is 5.74. The Hall–Kier alpha value is -3.27. The maximum atomic E-state index is 12.5. The first-order valence-electron chi connectivity index (χ1n) is 12.8. The van der Waals surface area contributed by atoms with Crippen molar-refractivity contribution in [3.05, 3.63) is 54.1 Å². The minimum atomic E-state index is -1.28. The van der Waals surface area contributed by atoms with Crippen molar-refractivity contribution in [3.8, 4) is 11.1 Å². The van der Waals surface area contributed by atoms with Gasteiger partial charge in [0.15, 0.2) is 0 Å². The van der Waals surface area contributed by atoms with Crippen LogP contribution in [0, 0.1) is 17.3 Å². The molecular weight excluding hydrogens is 472 g/mol. The van der Waals surface area contributed by atoms with E-state index in [1.807, 2.05) is 24.3 Å². The highest BCUT2D eigenvalue weighted by Crippen LogP contribution is 2.59. The normalized spacial score (nSPS) is 23.2. The molecule has 3 aliphatic carbocycles. The van der Waals surface area contributed by atoms with Crippen molar-refractivity contribution in [1.29, 1.82) is 0 Å². The van der Waals surface area contributed by atoms with Gasteiger partial charge in [0.1, 0.15) is 6.04 Å². The van der Waals surface area contributed by atoms with Crippen molar-refractivity contribution in [2.45, 2.75) is 58.2 Å². The molecular formula is C28H36N4O5. The third kappa shape index (κ3) is 5.84. The zero-order chi connectivity index (χ0) is 26.7. The molecule has 3 fully saturated rings. The van der Waals surface area contributed by atoms with Gasteiger partial charge in [-0.25, -0.2) is 5.48 Å². The molecule has 2 bridgehead atoms. The van der Waals surface area contributed by atoms with Crippen LogP contribution in [0.4, 0.5) is 5.69 Å². The Balaban J connectivity index is 1.29. The smallest absolute Gasteiger partial charge is 0.268 e. The highest BCUT2D eigenvalue weighted by atomic mass is 16.5. The lowest BCUT2D eigenvalue weighted by Gasteiger charge is -2.60. The van der Waals surface area contributed by atoms with Gasteiger partial charge in [-0.15, -0.1) is 0 Å². The number of aliphatic hydroxyl groups is 1. The fraction of sp³-hybridized carbons (Fsp3) is 0.464. The average Bonchev–Trinajstić information content (AvgIpc) is 2.90. The number of carbonyl (C=O) groups is 3. The quantitative estimate of drug-likeness (QED) is 0.227. The van der Waals surface area contributed by atoms with Crippen molar-refractivity contribution in [3.63, 3.8) is 0 Å². The second-order valence-electron chi connectivity index (χ2n) is 10.8. The monoisotopic (exact) mass is 508 g/mol. The predicted molar refractivity (Wildman–Crippen MR) is 140 cm³/mol. The molecule has 3 amide bonds. The summed E-state index contributed by atoms with van der Waals surface area (Å²) in [7, 11) is 0. The molecule has 0 aliphatic heterocycles. The molecule has 1 unspecified atom stereocenters. The number of hydroxylamine groups is 1. The molecule has 37 heavy (non-hydrogen) atoms. The first-order chi connectivity index (χ1) is 17.6. The lowest BCUT2D eigenvalue weighted by molar-refractivity contribution is -0.133. The second kappa shape index (κ2) is 11.0. The molecule has 3 saturated carbocycles. The van der Waals surface area contributed by atoms with E-state index in [2.05, 4.69) is 29.8 Å². The van der Waals surface area contributed by atoms with Crippen LogP contribution in [0.15, 0.2) is 48.5 Å². The number of anilines is 1. The van der Waals surface area contributed by atoms with Crippen molar-refractivity contribution in [2.75, 3.05) is 11.9 Å². The van der Waals surface area contributed by atoms with Crippen LogP contribution >= 0.6 is 0 Å². The predicted octanol–water partition coefficient (Wildman–Crippen LogP) is 2.69. The summed E-state index contributed by atoms with van der Waals surface area (Å²) in [6, 6.07) is 13.4. The Morgan fingerprint density at radius 3 is 2.16 bits per heavy atom. The molecule has 0 radical (unpaired) electrons. The number of fused-ring (bicyclic) bond motifs is 2. The Labute approximate surface area is 217 Å². The van der Waals surface area contributed by atoms with Gasteiger partial charge >= 0.3 is 0 Å². The standard InChI is InChI=1S/C28H36N4O5/c1-16(33)25(27(36)32-37)31-26(35)19-6-4-17(5-7-19)18-8-11-21(12-9-18)30-24(34)15-29-23-13-10-20-14-22(23)28(20,2)3/h4-9,11-12,16,20,22-23,25,29,33,37H,10,13-15H2,1-3H3,(H,30,34)(H,31,35)(H,32,36)/t16-,20+,22+,23?,25+/m1/s1. The third-order valence-corrected chi connectivity index (χ3v) is 8.19. The van der Waals surface area contributed by atoms with Crippen molar-refractivity contribution in [1.82, 2.24) is 16.1 Å². The van der Waals surface area contributed by atoms with Crippen LogP contribution in [0.1, 0.15) is 50.4 Å². The average molecular weight is 509 g/mol. The van der Waals surface area contributed by atoms with Gasteiger partial charge in [0, 0.05) is 17.3 Å². The molecule has 0 heterocycles. The first kappa shape index (κ1) is 26.8. The summed E-state index contributed by atoms with van der Waals surface area (Å²) in [5.74, 6) is -0.0407. The number of nitrogens with one attached hydrogen (secondary N) is 4. The van der Waals surface area contributed by atoms with E-state index in [9.17, 15) is 19.5 Å². The molecule has 5 atom stereocenters. The van der Waals surface area contributed by atoms with Gasteiger partial charge in [0.25, 0.3) is 11.8 Å². The topological polar surface area (TPSA) is 140 Å². The summed E-state index contributed by atoms with van der Waals surface area (Å²) >= 11 is 0. The second-order valence-corrected chi connectivity index (χ2v) is 10.8. The molecule has 2 aromatic rings. The van der Waals surface area contributed by atoms with Crippen LogP contribution in [-0.4, -0.2) is 52.8 Å². The van der Waals surface area contributed by atoms with E-state index < -0.39 is 24.0 Å². The maximum Gasteiger partial charge on any atom is 0.268 e. The minimum Gasteiger partial charge on any atom is -0.391 e. The lowest BCUT2D eigenvalue weighted by Crippen LogP contribution is -2.59. The number of carbonyl (C=O) groups excluding carboxylic acids is 3. The lowest BCUT2D eigenvalue weighted by atomic mass is 9.47. The summed E-state index contributed by atoms with van der Waals surface area (Å²) in [6.07, 6.45) is 2.46. The van der Waals surface area contributed by atoms with E-state index in [1.165, 1.54) is 25.2 Å². The number of hydrogen-bond acceptors (Lipinski definition) is 6. The van der Waals surface area contributed by atoms with E-state index in [1.54, 1.807) is 24.3 Å². The van der Waals surface area contributed by atoms with Gasteiger partial charge in [0.2, 0.25) is 5.91 Å². The van der Waals surface area contributed by atoms with E-state index in [-0.39, 0.29) is 5.91 Å². The van der Waals surface area contributed by atoms with Crippen LogP contribution in [-0.2, 0) is 9.59 Å². The minimum absolute atomic E-state index is 0.0623. The van der Waals surface area contributed by atoms with Gasteiger partial charge in [0.05, 0.1) is 12.6 Å². The van der Waals surface area contributed by atoms with Gasteiger partial charge in [-0.3, -0.25) is 19.6 Å². The molecule has 2 aromatic carbocycles. The summed E-state index contributed by atoms with van der Waals surface area (Å²) < 4.78 is 0. The first-order valence-corrected chi connectivity index (χ1v) is 12.8. The Bertz CT molecular complexity index is 1130.